The van der Waals surface area contributed by atoms with Crippen molar-refractivity contribution >= 4 is 15.7 Å². The summed E-state index contributed by atoms with van der Waals surface area (Å²) in [5.41, 5.74) is 0.634. The van der Waals surface area contributed by atoms with Crippen molar-refractivity contribution in [2.24, 2.45) is 0 Å². The zero-order chi connectivity index (χ0) is 20.9. The summed E-state index contributed by atoms with van der Waals surface area (Å²) in [4.78, 5) is 3.90. The molecule has 0 aliphatic heterocycles. The molecule has 1 aliphatic carbocycles. The fourth-order valence-electron chi connectivity index (χ4n) is 3.36. The van der Waals surface area contributed by atoms with Gasteiger partial charge in [0.25, 0.3) is 0 Å². The monoisotopic (exact) mass is 428 g/mol. The molecule has 1 saturated carbocycles. The number of aromatic nitrogens is 1. The van der Waals surface area contributed by atoms with Crippen LogP contribution in [-0.4, -0.2) is 31.4 Å². The molecular formula is C20H23F3N2O3S. The number of anilines is 1. The van der Waals surface area contributed by atoms with Gasteiger partial charge in [-0.25, -0.2) is 8.42 Å². The molecule has 0 atom stereocenters. The van der Waals surface area contributed by atoms with Crippen molar-refractivity contribution < 1.29 is 26.3 Å². The number of nitrogens with zero attached hydrogens (tertiary/aromatic N) is 2. The van der Waals surface area contributed by atoms with Gasteiger partial charge in [0.05, 0.1) is 18.3 Å². The van der Waals surface area contributed by atoms with E-state index in [1.165, 1.54) is 30.9 Å². The van der Waals surface area contributed by atoms with Gasteiger partial charge in [-0.3, -0.25) is 9.29 Å². The lowest BCUT2D eigenvalue weighted by Gasteiger charge is -2.26. The van der Waals surface area contributed by atoms with Gasteiger partial charge in [-0.1, -0.05) is 12.5 Å². The lowest BCUT2D eigenvalue weighted by Crippen LogP contribution is -2.37. The minimum atomic E-state index is -4.84. The number of sulfonamides is 1. The Kier molecular flexibility index (Phi) is 6.66. The number of benzene rings is 1. The standard InChI is InChI=1S/C20H23F3N2O3S/c21-20(22,23)15-29(26,27)25(14-16-5-4-12-24-13-16)17-8-10-19(11-9-17)28-18-6-2-1-3-7-18/h4-5,8-13,18H,1-3,6-7,14-15H2. The molecular weight excluding hydrogens is 405 g/mol. The number of hydrogen-bond acceptors (Lipinski definition) is 4. The Morgan fingerprint density at radius 1 is 1.07 bits per heavy atom. The Morgan fingerprint density at radius 3 is 2.34 bits per heavy atom. The van der Waals surface area contributed by atoms with Crippen LogP contribution in [0.2, 0.25) is 0 Å². The zero-order valence-corrected chi connectivity index (χ0v) is 16.6. The number of ether oxygens (including phenoxy) is 1. The van der Waals surface area contributed by atoms with E-state index < -0.39 is 22.0 Å². The molecule has 0 N–H and O–H groups in total. The number of alkyl halides is 3. The van der Waals surface area contributed by atoms with Gasteiger partial charge in [-0.05, 0) is 61.6 Å². The van der Waals surface area contributed by atoms with Crippen LogP contribution in [-0.2, 0) is 16.6 Å². The van der Waals surface area contributed by atoms with Crippen molar-refractivity contribution in [1.29, 1.82) is 0 Å². The first-order valence-electron chi connectivity index (χ1n) is 9.46. The second kappa shape index (κ2) is 9.02. The molecule has 0 unspecified atom stereocenters. The Balaban J connectivity index is 1.83. The van der Waals surface area contributed by atoms with Crippen molar-refractivity contribution in [3.05, 3.63) is 54.4 Å². The fourth-order valence-corrected chi connectivity index (χ4v) is 4.72. The molecule has 0 bridgehead atoms. The molecule has 1 aromatic carbocycles. The van der Waals surface area contributed by atoms with Crippen molar-refractivity contribution in [3.63, 3.8) is 0 Å². The molecule has 0 saturated heterocycles. The maximum absolute atomic E-state index is 12.9. The van der Waals surface area contributed by atoms with E-state index in [1.54, 1.807) is 24.3 Å². The molecule has 0 amide bonds. The summed E-state index contributed by atoms with van der Waals surface area (Å²) >= 11 is 0. The Hall–Kier alpha value is -2.29. The predicted octanol–water partition coefficient (Wildman–Crippen LogP) is 4.69. The summed E-state index contributed by atoms with van der Waals surface area (Å²) in [5, 5.41) is 0. The summed E-state index contributed by atoms with van der Waals surface area (Å²) in [6.45, 7) is -0.241. The smallest absolute Gasteiger partial charge is 0.404 e. The second-order valence-corrected chi connectivity index (χ2v) is 9.00. The first-order chi connectivity index (χ1) is 13.7. The number of hydrogen-bond donors (Lipinski definition) is 0. The van der Waals surface area contributed by atoms with Crippen molar-refractivity contribution in [1.82, 2.24) is 4.98 Å². The molecule has 3 rings (SSSR count). The number of rotatable bonds is 7. The van der Waals surface area contributed by atoms with Crippen molar-refractivity contribution in [2.75, 3.05) is 10.1 Å². The van der Waals surface area contributed by atoms with Crippen LogP contribution in [0.15, 0.2) is 48.8 Å². The first-order valence-corrected chi connectivity index (χ1v) is 11.1. The minimum absolute atomic E-state index is 0.120. The Bertz CT molecular complexity index is 881. The van der Waals surface area contributed by atoms with Crippen LogP contribution in [0.3, 0.4) is 0 Å². The normalized spacial score (nSPS) is 15.8. The van der Waals surface area contributed by atoms with Gasteiger partial charge >= 0.3 is 6.18 Å². The molecule has 5 nitrogen and oxygen atoms in total. The summed E-state index contributed by atoms with van der Waals surface area (Å²) in [5.74, 6) is -1.35. The quantitative estimate of drug-likeness (QED) is 0.642. The summed E-state index contributed by atoms with van der Waals surface area (Å²) in [6.07, 6.45) is 3.56. The van der Waals surface area contributed by atoms with Gasteiger partial charge in [-0.15, -0.1) is 0 Å². The average molecular weight is 428 g/mol. The number of pyridine rings is 1. The summed E-state index contributed by atoms with van der Waals surface area (Å²) in [7, 11) is -4.63. The predicted molar refractivity (Wildman–Crippen MR) is 104 cm³/mol. The minimum Gasteiger partial charge on any atom is -0.490 e. The Morgan fingerprint density at radius 2 is 1.76 bits per heavy atom. The molecule has 2 aromatic rings. The van der Waals surface area contributed by atoms with Gasteiger partial charge in [0.2, 0.25) is 10.0 Å². The third-order valence-corrected chi connectivity index (χ3v) is 6.41. The topological polar surface area (TPSA) is 59.5 Å². The van der Waals surface area contributed by atoms with Gasteiger partial charge in [0, 0.05) is 12.4 Å². The van der Waals surface area contributed by atoms with Crippen LogP contribution < -0.4 is 9.04 Å². The summed E-state index contributed by atoms with van der Waals surface area (Å²) < 4.78 is 70.3. The zero-order valence-electron chi connectivity index (χ0n) is 15.8. The highest BCUT2D eigenvalue weighted by molar-refractivity contribution is 7.92. The molecule has 1 aliphatic rings. The van der Waals surface area contributed by atoms with Crippen LogP contribution in [0, 0.1) is 0 Å². The van der Waals surface area contributed by atoms with Crippen molar-refractivity contribution in [2.45, 2.75) is 50.9 Å². The molecule has 9 heteroatoms. The third kappa shape index (κ3) is 6.35. The van der Waals surface area contributed by atoms with E-state index in [-0.39, 0.29) is 18.3 Å². The van der Waals surface area contributed by atoms with E-state index in [1.807, 2.05) is 0 Å². The van der Waals surface area contributed by atoms with E-state index >= 15 is 0 Å². The van der Waals surface area contributed by atoms with E-state index in [2.05, 4.69) is 4.98 Å². The lowest BCUT2D eigenvalue weighted by molar-refractivity contribution is -0.106. The van der Waals surface area contributed by atoms with Gasteiger partial charge in [-0.2, -0.15) is 13.2 Å². The maximum atomic E-state index is 12.9. The van der Waals surface area contributed by atoms with Crippen LogP contribution >= 0.6 is 0 Å². The average Bonchev–Trinajstić information content (AvgIpc) is 2.67. The van der Waals surface area contributed by atoms with Crippen LogP contribution in [0.25, 0.3) is 0 Å². The van der Waals surface area contributed by atoms with Gasteiger partial charge in [0.15, 0.2) is 5.75 Å². The highest BCUT2D eigenvalue weighted by Crippen LogP contribution is 2.29. The molecule has 1 fully saturated rings. The number of halogens is 3. The van der Waals surface area contributed by atoms with Gasteiger partial charge in [0.1, 0.15) is 5.75 Å². The van der Waals surface area contributed by atoms with Crippen LogP contribution in [0.4, 0.5) is 18.9 Å². The molecule has 158 valence electrons. The van der Waals surface area contributed by atoms with E-state index in [4.69, 9.17) is 4.74 Å². The lowest BCUT2D eigenvalue weighted by atomic mass is 9.98. The molecule has 1 heterocycles. The molecule has 29 heavy (non-hydrogen) atoms. The van der Waals surface area contributed by atoms with E-state index in [0.717, 1.165) is 30.0 Å². The summed E-state index contributed by atoms with van der Waals surface area (Å²) in [6, 6.07) is 9.37. The maximum Gasteiger partial charge on any atom is 0.404 e. The van der Waals surface area contributed by atoms with E-state index in [9.17, 15) is 21.6 Å². The SMILES string of the molecule is O=S(=O)(CC(F)(F)F)N(Cc1cccnc1)c1ccc(OC2CCCCC2)cc1. The van der Waals surface area contributed by atoms with E-state index in [0.29, 0.717) is 11.3 Å². The highest BCUT2D eigenvalue weighted by Gasteiger charge is 2.38. The molecule has 0 radical (unpaired) electrons. The van der Waals surface area contributed by atoms with Crippen LogP contribution in [0.1, 0.15) is 37.7 Å². The molecule has 0 spiro atoms. The van der Waals surface area contributed by atoms with Gasteiger partial charge < -0.3 is 4.74 Å². The largest absolute Gasteiger partial charge is 0.490 e. The third-order valence-electron chi connectivity index (χ3n) is 4.71. The fraction of sp³-hybridized carbons (Fsp3) is 0.450. The Labute approximate surface area is 168 Å². The highest BCUT2D eigenvalue weighted by atomic mass is 32.2. The first kappa shape index (κ1) is 21.4. The van der Waals surface area contributed by atoms with Crippen LogP contribution in [0.5, 0.6) is 5.75 Å². The molecule has 1 aromatic heterocycles. The van der Waals surface area contributed by atoms with Crippen molar-refractivity contribution in [3.8, 4) is 5.75 Å². The second-order valence-electron chi connectivity index (χ2n) is 7.11.